The van der Waals surface area contributed by atoms with Crippen LogP contribution in [0.25, 0.3) is 0 Å². The second kappa shape index (κ2) is 8.22. The van der Waals surface area contributed by atoms with Gasteiger partial charge in [-0.15, -0.1) is 0 Å². The third-order valence-corrected chi connectivity index (χ3v) is 8.24. The molecular weight excluding hydrogens is 374 g/mol. The van der Waals surface area contributed by atoms with Gasteiger partial charge in [-0.3, -0.25) is 10.1 Å². The lowest BCUT2D eigenvalue weighted by Crippen LogP contribution is -2.41. The summed E-state index contributed by atoms with van der Waals surface area (Å²) in [6.07, 6.45) is 8.35. The average molecular weight is 402 g/mol. The number of piperidine rings is 1. The molecule has 1 atom stereocenters. The van der Waals surface area contributed by atoms with E-state index in [0.29, 0.717) is 10.9 Å². The highest BCUT2D eigenvalue weighted by Gasteiger charge is 2.31. The third-order valence-electron chi connectivity index (χ3n) is 5.25. The van der Waals surface area contributed by atoms with E-state index in [1.165, 1.54) is 31.7 Å². The Morgan fingerprint density at radius 3 is 2.50 bits per heavy atom. The molecule has 146 valence electrons. The van der Waals surface area contributed by atoms with Crippen molar-refractivity contribution >= 4 is 31.9 Å². The number of likely N-dealkylation sites (tertiary alicyclic amines) is 1. The van der Waals surface area contributed by atoms with Crippen LogP contribution in [-0.2, 0) is 9.84 Å². The summed E-state index contributed by atoms with van der Waals surface area (Å²) in [7, 11) is -3.44. The predicted molar refractivity (Wildman–Crippen MR) is 104 cm³/mol. The molecular formula is C17H27N3O4S2. The molecule has 2 saturated heterocycles. The van der Waals surface area contributed by atoms with E-state index in [0.717, 1.165) is 63.2 Å². The van der Waals surface area contributed by atoms with Crippen LogP contribution in [0.15, 0.2) is 10.3 Å². The Bertz CT molecular complexity index is 739. The van der Waals surface area contributed by atoms with Crippen LogP contribution >= 0.6 is 11.3 Å². The van der Waals surface area contributed by atoms with Crippen LogP contribution in [0.5, 0.6) is 0 Å². The minimum absolute atomic E-state index is 0.0776. The van der Waals surface area contributed by atoms with Gasteiger partial charge in [-0.05, 0) is 44.7 Å². The number of nitro groups is 1. The molecule has 0 amide bonds. The van der Waals surface area contributed by atoms with E-state index >= 15 is 0 Å². The minimum atomic E-state index is -3.44. The normalized spacial score (nSPS) is 23.0. The van der Waals surface area contributed by atoms with Crippen molar-refractivity contribution in [3.63, 3.8) is 0 Å². The number of hydrogen-bond donors (Lipinski definition) is 0. The van der Waals surface area contributed by atoms with Crippen molar-refractivity contribution in [2.24, 2.45) is 5.92 Å². The molecule has 1 unspecified atom stereocenters. The number of anilines is 1. The molecule has 2 aliphatic heterocycles. The van der Waals surface area contributed by atoms with E-state index in [2.05, 4.69) is 4.90 Å². The van der Waals surface area contributed by atoms with Gasteiger partial charge in [-0.25, -0.2) is 8.42 Å². The molecule has 3 rings (SSSR count). The lowest BCUT2D eigenvalue weighted by atomic mass is 9.97. The molecule has 1 aromatic heterocycles. The molecule has 0 spiro atoms. The molecule has 0 aliphatic carbocycles. The summed E-state index contributed by atoms with van der Waals surface area (Å²) in [5.74, 6) is 0.477. The quantitative estimate of drug-likeness (QED) is 0.557. The standard InChI is InChI=1S/C17H27N3O4S2/c1-26(23,24)16-11-15(20(21)22)17(25-16)19-10-6-7-14(13-19)12-18-8-4-2-3-5-9-18/h11,14H,2-10,12-13H2,1H3. The van der Waals surface area contributed by atoms with E-state index < -0.39 is 14.8 Å². The van der Waals surface area contributed by atoms with Crippen molar-refractivity contribution in [1.29, 1.82) is 0 Å². The van der Waals surface area contributed by atoms with Crippen LogP contribution in [-0.4, -0.2) is 57.2 Å². The van der Waals surface area contributed by atoms with E-state index in [1.807, 2.05) is 4.90 Å². The molecule has 0 radical (unpaired) electrons. The topological polar surface area (TPSA) is 83.8 Å². The molecule has 2 aliphatic rings. The van der Waals surface area contributed by atoms with Crippen LogP contribution < -0.4 is 4.90 Å². The average Bonchev–Trinajstić information content (AvgIpc) is 2.90. The van der Waals surface area contributed by atoms with Crippen LogP contribution in [0.3, 0.4) is 0 Å². The van der Waals surface area contributed by atoms with Gasteiger partial charge in [0.2, 0.25) is 0 Å². The number of rotatable bonds is 5. The van der Waals surface area contributed by atoms with Crippen molar-refractivity contribution in [1.82, 2.24) is 4.90 Å². The fraction of sp³-hybridized carbons (Fsp3) is 0.765. The zero-order chi connectivity index (χ0) is 18.7. The maximum Gasteiger partial charge on any atom is 0.305 e. The van der Waals surface area contributed by atoms with Gasteiger partial charge in [0.05, 0.1) is 4.92 Å². The van der Waals surface area contributed by atoms with Gasteiger partial charge in [-0.2, -0.15) is 0 Å². The highest BCUT2D eigenvalue weighted by Crippen LogP contribution is 2.41. The number of hydrogen-bond acceptors (Lipinski definition) is 7. The summed E-state index contributed by atoms with van der Waals surface area (Å²) in [5.41, 5.74) is -0.0779. The summed E-state index contributed by atoms with van der Waals surface area (Å²) in [6, 6.07) is 1.22. The first-order chi connectivity index (χ1) is 12.3. The van der Waals surface area contributed by atoms with Gasteiger partial charge in [0.25, 0.3) is 0 Å². The molecule has 9 heteroatoms. The van der Waals surface area contributed by atoms with Crippen LogP contribution in [0.2, 0.25) is 0 Å². The molecule has 2 fully saturated rings. The Hall–Kier alpha value is -1.19. The molecule has 0 saturated carbocycles. The Morgan fingerprint density at radius 1 is 1.19 bits per heavy atom. The predicted octanol–water partition coefficient (Wildman–Crippen LogP) is 3.15. The van der Waals surface area contributed by atoms with Crippen molar-refractivity contribution in [3.05, 3.63) is 16.2 Å². The lowest BCUT2D eigenvalue weighted by molar-refractivity contribution is -0.383. The zero-order valence-corrected chi connectivity index (χ0v) is 16.9. The maximum absolute atomic E-state index is 11.8. The van der Waals surface area contributed by atoms with Crippen molar-refractivity contribution in [3.8, 4) is 0 Å². The van der Waals surface area contributed by atoms with E-state index in [4.69, 9.17) is 0 Å². The third kappa shape index (κ3) is 4.75. The molecule has 0 N–H and O–H groups in total. The zero-order valence-electron chi connectivity index (χ0n) is 15.2. The number of sulfone groups is 1. The SMILES string of the molecule is CS(=O)(=O)c1cc([N+](=O)[O-])c(N2CCCC(CN3CCCCCC3)C2)s1. The van der Waals surface area contributed by atoms with E-state index in [1.54, 1.807) is 0 Å². The Kier molecular flexibility index (Phi) is 6.19. The van der Waals surface area contributed by atoms with Gasteiger partial charge < -0.3 is 9.80 Å². The fourth-order valence-corrected chi connectivity index (χ4v) is 6.03. The second-order valence-corrected chi connectivity index (χ2v) is 10.7. The van der Waals surface area contributed by atoms with Gasteiger partial charge in [0, 0.05) is 32.0 Å². The smallest absolute Gasteiger partial charge is 0.305 e. The molecule has 0 aromatic carbocycles. The van der Waals surface area contributed by atoms with Crippen molar-refractivity contribution in [2.45, 2.75) is 42.7 Å². The van der Waals surface area contributed by atoms with Gasteiger partial charge in [-0.1, -0.05) is 24.2 Å². The molecule has 0 bridgehead atoms. The molecule has 1 aromatic rings. The largest absolute Gasteiger partial charge is 0.357 e. The summed E-state index contributed by atoms with van der Waals surface area (Å²) in [4.78, 5) is 15.5. The van der Waals surface area contributed by atoms with E-state index in [-0.39, 0.29) is 9.90 Å². The first-order valence-corrected chi connectivity index (χ1v) is 12.0. The number of thiophene rings is 1. The van der Waals surface area contributed by atoms with E-state index in [9.17, 15) is 18.5 Å². The Labute approximate surface area is 159 Å². The highest BCUT2D eigenvalue weighted by molar-refractivity contribution is 7.92. The monoisotopic (exact) mass is 401 g/mol. The van der Waals surface area contributed by atoms with Crippen LogP contribution in [0.4, 0.5) is 10.7 Å². The first-order valence-electron chi connectivity index (χ1n) is 9.30. The van der Waals surface area contributed by atoms with Crippen LogP contribution in [0, 0.1) is 16.0 Å². The van der Waals surface area contributed by atoms with Gasteiger partial charge in [0.1, 0.15) is 4.21 Å². The molecule has 3 heterocycles. The summed E-state index contributed by atoms with van der Waals surface area (Å²) in [5, 5.41) is 11.9. The van der Waals surface area contributed by atoms with Crippen LogP contribution in [0.1, 0.15) is 38.5 Å². The summed E-state index contributed by atoms with van der Waals surface area (Å²) < 4.78 is 23.7. The Morgan fingerprint density at radius 2 is 1.88 bits per heavy atom. The van der Waals surface area contributed by atoms with Crippen molar-refractivity contribution in [2.75, 3.05) is 43.9 Å². The minimum Gasteiger partial charge on any atom is -0.357 e. The molecule has 26 heavy (non-hydrogen) atoms. The summed E-state index contributed by atoms with van der Waals surface area (Å²) in [6.45, 7) is 4.85. The van der Waals surface area contributed by atoms with Gasteiger partial charge in [0.15, 0.2) is 14.8 Å². The maximum atomic E-state index is 11.8. The van der Waals surface area contributed by atoms with Crippen molar-refractivity contribution < 1.29 is 13.3 Å². The fourth-order valence-electron chi connectivity index (χ4n) is 3.97. The van der Waals surface area contributed by atoms with Gasteiger partial charge >= 0.3 is 5.69 Å². The number of nitrogens with zero attached hydrogens (tertiary/aromatic N) is 3. The highest BCUT2D eigenvalue weighted by atomic mass is 32.2. The summed E-state index contributed by atoms with van der Waals surface area (Å²) >= 11 is 1.04. The lowest BCUT2D eigenvalue weighted by Gasteiger charge is -2.35. The molecule has 7 nitrogen and oxygen atoms in total. The first kappa shape index (κ1) is 19.6. The Balaban J connectivity index is 1.74. The second-order valence-electron chi connectivity index (χ2n) is 7.45.